The van der Waals surface area contributed by atoms with Gasteiger partial charge in [0.25, 0.3) is 0 Å². The molecule has 10 aromatic heterocycles. The Morgan fingerprint density at radius 3 is 0.582 bits per heavy atom. The summed E-state index contributed by atoms with van der Waals surface area (Å²) in [4.78, 5) is 16.6. The van der Waals surface area contributed by atoms with E-state index in [0.29, 0.717) is 0 Å². The molecule has 0 radical (unpaired) electrons. The number of thiophene rings is 8. The molecule has 13 rings (SSSR count). The van der Waals surface area contributed by atoms with Crippen LogP contribution in [0.1, 0.15) is 447 Å². The minimum atomic E-state index is -1.33. The van der Waals surface area contributed by atoms with Gasteiger partial charge in [0, 0.05) is 85.8 Å². The maximum absolute atomic E-state index is 5.54. The van der Waals surface area contributed by atoms with Crippen LogP contribution in [0.5, 0.6) is 0 Å². The van der Waals surface area contributed by atoms with Crippen LogP contribution in [0.15, 0.2) is 125 Å². The van der Waals surface area contributed by atoms with E-state index in [0.717, 1.165) is 52.8 Å². The van der Waals surface area contributed by atoms with Gasteiger partial charge >= 0.3 is 41.5 Å². The van der Waals surface area contributed by atoms with E-state index >= 15 is 0 Å². The summed E-state index contributed by atoms with van der Waals surface area (Å²) in [7, 11) is 14.7. The first kappa shape index (κ1) is 118. The van der Waals surface area contributed by atoms with Gasteiger partial charge in [-0.1, -0.05) is 366 Å². The molecule has 13 aromatic rings. The number of aryl methyl sites for hydroxylation is 8. The molecule has 0 saturated carbocycles. The van der Waals surface area contributed by atoms with Gasteiger partial charge in [0.1, 0.15) is 22.1 Å². The summed E-state index contributed by atoms with van der Waals surface area (Å²) >= 11 is 22.3. The van der Waals surface area contributed by atoms with Crippen LogP contribution < -0.4 is 0 Å². The van der Waals surface area contributed by atoms with Gasteiger partial charge in [0.2, 0.25) is 0 Å². The third kappa shape index (κ3) is 42.8. The Labute approximate surface area is 915 Å². The van der Waals surface area contributed by atoms with Gasteiger partial charge in [-0.15, -0.1) is 90.7 Å². The summed E-state index contributed by atoms with van der Waals surface area (Å²) in [5, 5.41) is 9.96. The van der Waals surface area contributed by atoms with E-state index in [-0.39, 0.29) is 0 Å². The molecule has 3 aromatic carbocycles. The predicted octanol–water partition coefficient (Wildman–Crippen LogP) is 46.9. The Hall–Kier alpha value is -4.46. The van der Waals surface area contributed by atoms with Crippen molar-refractivity contribution in [2.75, 3.05) is 0 Å². The van der Waals surface area contributed by atoms with E-state index in [4.69, 9.17) is 59.4 Å². The molecule has 4 nitrogen and oxygen atoms in total. The zero-order chi connectivity index (χ0) is 99.3. The van der Waals surface area contributed by atoms with Gasteiger partial charge in [-0.05, 0) is 278 Å². The molecule has 0 aliphatic rings. The van der Waals surface area contributed by atoms with E-state index < -0.39 is 11.2 Å². The average molecular weight is 2210 g/mol. The monoisotopic (exact) mass is 2200 g/mol. The molecule has 0 amide bonds. The van der Waals surface area contributed by atoms with Gasteiger partial charge in [0.05, 0.1) is 23.5 Å². The molecule has 0 N–H and O–H groups in total. The minimum absolute atomic E-state index is 0.794. The molecule has 0 aliphatic carbocycles. The Kier molecular flexibility index (Phi) is 60.5. The number of benzene rings is 3. The second-order valence-electron chi connectivity index (χ2n) is 38.4. The average Bonchev–Trinajstić information content (AvgIpc) is 1.62. The van der Waals surface area contributed by atoms with Crippen LogP contribution in [-0.4, -0.2) is 17.5 Å². The molecule has 141 heavy (non-hydrogen) atoms. The first-order valence-electron chi connectivity index (χ1n) is 54.8. The van der Waals surface area contributed by atoms with Crippen molar-refractivity contribution in [3.05, 3.63) is 213 Å². The van der Waals surface area contributed by atoms with E-state index in [1.807, 2.05) is 121 Å². The molecule has 769 valence electrons. The molecular formula is C122H165Cl4FeN4S10. The van der Waals surface area contributed by atoms with Crippen LogP contribution in [0, 0.1) is 0 Å². The summed E-state index contributed by atoms with van der Waals surface area (Å²) in [5.41, 5.74) is 21.1. The van der Waals surface area contributed by atoms with Crippen molar-refractivity contribution in [3.63, 3.8) is 0 Å². The maximum atomic E-state index is 5.54. The first-order chi connectivity index (χ1) is 69.4. The van der Waals surface area contributed by atoms with Crippen LogP contribution in [0.2, 0.25) is 5.02 Å². The third-order valence-corrected chi connectivity index (χ3v) is 36.8. The molecule has 0 atom stereocenters. The number of fused-ring (bicyclic) bond motifs is 2. The van der Waals surface area contributed by atoms with E-state index in [9.17, 15) is 0 Å². The first-order valence-corrected chi connectivity index (χ1v) is 67.9. The van der Waals surface area contributed by atoms with Crippen molar-refractivity contribution >= 4 is 227 Å². The Morgan fingerprint density at radius 1 is 0.220 bits per heavy atom. The zero-order valence-corrected chi connectivity index (χ0v) is 98.9. The van der Waals surface area contributed by atoms with Crippen LogP contribution in [-0.2, 0) is 62.5 Å². The summed E-state index contributed by atoms with van der Waals surface area (Å²) in [5.74, 6) is 0. The van der Waals surface area contributed by atoms with E-state index in [2.05, 4.69) is 198 Å². The quantitative estimate of drug-likeness (QED) is 0.0282. The third-order valence-electron chi connectivity index (χ3n) is 27.1. The summed E-state index contributed by atoms with van der Waals surface area (Å²) < 4.78 is 20.1. The van der Waals surface area contributed by atoms with E-state index in [1.165, 1.54) is 483 Å². The van der Waals surface area contributed by atoms with Crippen molar-refractivity contribution in [2.45, 2.75) is 415 Å². The molecular weight excluding hydrogens is 2040 g/mol. The Bertz CT molecular complexity index is 4980. The van der Waals surface area contributed by atoms with Crippen molar-refractivity contribution in [1.29, 1.82) is 0 Å². The van der Waals surface area contributed by atoms with Gasteiger partial charge in [-0.3, -0.25) is 0 Å². The molecule has 0 saturated heterocycles. The van der Waals surface area contributed by atoms with Gasteiger partial charge < -0.3 is 0 Å². The SMILES string of the molecule is CCCCCCCCc1ccsc1/C=C/c1sc(-c2ccc(-c3cc(CCCCCCCC)c(/C=C/c4sccc4CCCCCCCC)s3)c3nsnc23)cc1CCCCCCCC.CCCCCCCCc1ccsc1/C=C/c1sc(-c2ccc(-c3cc(CCCCCCCC)c(/C=C/c4sccc4CCCCCCCC)s3)c3nsnc23)cc1CCCCCCCC.Clc1ccccc1.[Cl][Fe]([Cl])[Cl]. The van der Waals surface area contributed by atoms with Crippen LogP contribution in [0.3, 0.4) is 0 Å². The van der Waals surface area contributed by atoms with Gasteiger partial charge in [-0.25, -0.2) is 0 Å². The summed E-state index contributed by atoms with van der Waals surface area (Å²) in [6.45, 7) is 18.4. The number of hydrogen-bond donors (Lipinski definition) is 0. The number of rotatable bonds is 68. The topological polar surface area (TPSA) is 51.6 Å². The summed E-state index contributed by atoms with van der Waals surface area (Å²) in [6, 6.07) is 38.3. The van der Waals surface area contributed by atoms with E-state index in [1.54, 1.807) is 0 Å². The molecule has 0 unspecified atom stereocenters. The molecule has 0 aliphatic heterocycles. The normalized spacial score (nSPS) is 11.9. The second kappa shape index (κ2) is 72.0. The van der Waals surface area contributed by atoms with Crippen molar-refractivity contribution in [3.8, 4) is 41.8 Å². The zero-order valence-electron chi connectivity index (χ0n) is 86.6. The number of aromatic nitrogens is 4. The molecule has 19 heteroatoms. The number of hydrogen-bond acceptors (Lipinski definition) is 14. The van der Waals surface area contributed by atoms with Gasteiger partial charge in [-0.2, -0.15) is 17.5 Å². The fourth-order valence-corrected chi connectivity index (χ4v) is 28.0. The molecule has 0 fully saturated rings. The molecule has 0 spiro atoms. The van der Waals surface area contributed by atoms with Gasteiger partial charge in [0.15, 0.2) is 0 Å². The van der Waals surface area contributed by atoms with Crippen LogP contribution >= 0.6 is 156 Å². The Morgan fingerprint density at radius 2 is 0.397 bits per heavy atom. The predicted molar refractivity (Wildman–Crippen MR) is 647 cm³/mol. The fourth-order valence-electron chi connectivity index (χ4n) is 18.8. The number of halogens is 4. The van der Waals surface area contributed by atoms with Crippen molar-refractivity contribution < 1.29 is 11.2 Å². The number of nitrogens with zero attached hydrogens (tertiary/aromatic N) is 4. The Balaban J connectivity index is 0.000000261. The molecule has 10 heterocycles. The van der Waals surface area contributed by atoms with Crippen LogP contribution in [0.25, 0.3) is 112 Å². The molecule has 0 bridgehead atoms. The van der Waals surface area contributed by atoms with Crippen molar-refractivity contribution in [2.24, 2.45) is 0 Å². The summed E-state index contributed by atoms with van der Waals surface area (Å²) in [6.07, 6.45) is 92.6. The number of unbranched alkanes of at least 4 members (excludes halogenated alkanes) is 40. The van der Waals surface area contributed by atoms with Crippen molar-refractivity contribution in [1.82, 2.24) is 17.5 Å². The fraction of sp³-hybridized carbons (Fsp3) is 0.525. The standard InChI is InChI=1S/2C58H80N2S5.C6H5Cl.3ClH.Fe/c2*1-5-9-13-17-21-25-29-45-39-41-61-51(45)35-37-53-47(31-27-23-19-15-11-7-3)43-55(63-53)49-33-34-50(58-57(49)59-65-60-58)56-44-48(32-28-24-20-16-12-8-4)54(64-56)38-36-52-46(40-42-62-52)30-26-22-18-14-10-6-2;7-6-4-2-1-3-5-6;;;;/h2*33-44H,5-32H2,1-4H3;1-5H;3*1H;/q;;;;;;+3/p-3/b2*37-35+,38-36+;;;;;. The van der Waals surface area contributed by atoms with Crippen LogP contribution in [0.4, 0.5) is 0 Å². The second-order valence-corrected chi connectivity index (χ2v) is 53.5.